The van der Waals surface area contributed by atoms with Gasteiger partial charge in [0.05, 0.1) is 0 Å². The fourth-order valence-corrected chi connectivity index (χ4v) is 1.99. The molecule has 2 aromatic rings. The molecule has 1 atom stereocenters. The summed E-state index contributed by atoms with van der Waals surface area (Å²) in [6.45, 7) is 0. The third-order valence-electron chi connectivity index (χ3n) is 3.07. The normalized spacial score (nSPS) is 12.3. The van der Waals surface area contributed by atoms with Crippen LogP contribution in [0.25, 0.3) is 0 Å². The Morgan fingerprint density at radius 1 is 1.16 bits per heavy atom. The van der Waals surface area contributed by atoms with Crippen molar-refractivity contribution in [2.45, 2.75) is 18.9 Å². The lowest BCUT2D eigenvalue weighted by Crippen LogP contribution is -2.38. The minimum atomic E-state index is -0.220. The molecule has 0 amide bonds. The van der Waals surface area contributed by atoms with Gasteiger partial charge >= 0.3 is 0 Å². The summed E-state index contributed by atoms with van der Waals surface area (Å²) < 4.78 is 13.6. The molecule has 1 unspecified atom stereocenters. The van der Waals surface area contributed by atoms with Crippen LogP contribution in [0, 0.1) is 5.82 Å². The number of hydrazine groups is 1. The molecule has 0 aliphatic rings. The number of halogens is 1. The topological polar surface area (TPSA) is 77.0 Å². The molecule has 0 aliphatic carbocycles. The van der Waals surface area contributed by atoms with Gasteiger partial charge in [0.25, 0.3) is 0 Å². The van der Waals surface area contributed by atoms with Gasteiger partial charge in [0, 0.05) is 24.1 Å². The minimum absolute atomic E-state index is 0.0941. The zero-order valence-corrected chi connectivity index (χ0v) is 10.5. The Bertz CT molecular complexity index is 497. The summed E-state index contributed by atoms with van der Waals surface area (Å²) in [4.78, 5) is 4.03. The molecule has 19 heavy (non-hydrogen) atoms. The Hall–Kier alpha value is -1.98. The van der Waals surface area contributed by atoms with E-state index in [1.165, 1.54) is 6.07 Å². The molecule has 0 saturated carbocycles. The number of nitrogen functional groups attached to an aromatic ring is 1. The van der Waals surface area contributed by atoms with E-state index in [2.05, 4.69) is 10.4 Å². The number of hydrogen-bond donors (Lipinski definition) is 3. The van der Waals surface area contributed by atoms with Crippen molar-refractivity contribution in [2.24, 2.45) is 5.84 Å². The number of rotatable bonds is 5. The van der Waals surface area contributed by atoms with Gasteiger partial charge in [-0.3, -0.25) is 16.3 Å². The first-order valence-electron chi connectivity index (χ1n) is 6.08. The number of nitrogens with one attached hydrogen (secondary N) is 1. The van der Waals surface area contributed by atoms with Gasteiger partial charge in [-0.15, -0.1) is 0 Å². The second-order valence-electron chi connectivity index (χ2n) is 4.44. The van der Waals surface area contributed by atoms with Crippen LogP contribution in [0.4, 0.5) is 10.1 Å². The molecule has 1 aromatic carbocycles. The van der Waals surface area contributed by atoms with Crippen molar-refractivity contribution in [1.29, 1.82) is 0 Å². The molecule has 5 heteroatoms. The van der Waals surface area contributed by atoms with Crippen LogP contribution in [0.2, 0.25) is 0 Å². The first kappa shape index (κ1) is 13.5. The highest BCUT2D eigenvalue weighted by Gasteiger charge is 2.13. The van der Waals surface area contributed by atoms with E-state index in [1.807, 2.05) is 6.07 Å². The van der Waals surface area contributed by atoms with E-state index >= 15 is 0 Å². The average molecular weight is 260 g/mol. The van der Waals surface area contributed by atoms with Crippen molar-refractivity contribution in [3.8, 4) is 0 Å². The zero-order chi connectivity index (χ0) is 13.7. The van der Waals surface area contributed by atoms with Gasteiger partial charge in [-0.25, -0.2) is 4.39 Å². The van der Waals surface area contributed by atoms with Crippen LogP contribution in [0.15, 0.2) is 42.7 Å². The third-order valence-corrected chi connectivity index (χ3v) is 3.07. The van der Waals surface area contributed by atoms with Crippen LogP contribution in [-0.4, -0.2) is 11.0 Å². The Morgan fingerprint density at radius 2 is 1.89 bits per heavy atom. The maximum absolute atomic E-state index is 13.6. The molecule has 0 spiro atoms. The number of anilines is 1. The highest BCUT2D eigenvalue weighted by molar-refractivity contribution is 5.44. The molecule has 0 fully saturated rings. The zero-order valence-electron chi connectivity index (χ0n) is 10.5. The average Bonchev–Trinajstić information content (AvgIpc) is 2.42. The van der Waals surface area contributed by atoms with Crippen molar-refractivity contribution in [2.75, 3.05) is 5.73 Å². The highest BCUT2D eigenvalue weighted by atomic mass is 19.1. The quantitative estimate of drug-likeness (QED) is 0.561. The lowest BCUT2D eigenvalue weighted by molar-refractivity contribution is 0.506. The van der Waals surface area contributed by atoms with Crippen molar-refractivity contribution < 1.29 is 4.39 Å². The maximum atomic E-state index is 13.6. The molecule has 0 saturated heterocycles. The summed E-state index contributed by atoms with van der Waals surface area (Å²) in [5, 5.41) is 0. The maximum Gasteiger partial charge on any atom is 0.126 e. The van der Waals surface area contributed by atoms with E-state index in [4.69, 9.17) is 11.6 Å². The van der Waals surface area contributed by atoms with E-state index in [0.717, 1.165) is 5.56 Å². The summed E-state index contributed by atoms with van der Waals surface area (Å²) >= 11 is 0. The summed E-state index contributed by atoms with van der Waals surface area (Å²) in [6, 6.07) is 8.33. The van der Waals surface area contributed by atoms with E-state index in [-0.39, 0.29) is 11.9 Å². The molecule has 0 bridgehead atoms. The summed E-state index contributed by atoms with van der Waals surface area (Å²) in [5.41, 5.74) is 10.8. The van der Waals surface area contributed by atoms with Crippen molar-refractivity contribution in [3.63, 3.8) is 0 Å². The van der Waals surface area contributed by atoms with Crippen LogP contribution in [0.5, 0.6) is 0 Å². The minimum Gasteiger partial charge on any atom is -0.398 e. The van der Waals surface area contributed by atoms with Gasteiger partial charge in [0.2, 0.25) is 0 Å². The number of benzene rings is 1. The van der Waals surface area contributed by atoms with Crippen LogP contribution >= 0.6 is 0 Å². The smallest absolute Gasteiger partial charge is 0.126 e. The molecular weight excluding hydrogens is 243 g/mol. The molecular formula is C14H17FN4. The molecule has 5 N–H and O–H groups in total. The molecule has 1 aromatic heterocycles. The van der Waals surface area contributed by atoms with Gasteiger partial charge in [0.1, 0.15) is 5.82 Å². The van der Waals surface area contributed by atoms with Gasteiger partial charge in [0.15, 0.2) is 0 Å². The molecule has 1 heterocycles. The number of nitrogens with zero attached hydrogens (tertiary/aromatic N) is 1. The monoisotopic (exact) mass is 260 g/mol. The van der Waals surface area contributed by atoms with E-state index in [0.29, 0.717) is 24.1 Å². The molecule has 0 radical (unpaired) electrons. The third kappa shape index (κ3) is 3.49. The van der Waals surface area contributed by atoms with Gasteiger partial charge in [-0.2, -0.15) is 0 Å². The molecule has 100 valence electrons. The molecule has 4 nitrogen and oxygen atoms in total. The Morgan fingerprint density at radius 3 is 2.58 bits per heavy atom. The number of hydrogen-bond acceptors (Lipinski definition) is 4. The van der Waals surface area contributed by atoms with Crippen LogP contribution < -0.4 is 17.0 Å². The van der Waals surface area contributed by atoms with E-state index < -0.39 is 0 Å². The largest absolute Gasteiger partial charge is 0.398 e. The van der Waals surface area contributed by atoms with E-state index in [1.54, 1.807) is 30.6 Å². The Kier molecular flexibility index (Phi) is 4.43. The standard InChI is InChI=1S/C14H17FN4/c15-13-4-2-1-3-10(13)7-12(19-17)8-11-9-18-6-5-14(11)16/h1-6,9,12,19H,7-8,17H2,(H2,16,18). The van der Waals surface area contributed by atoms with E-state index in [9.17, 15) is 4.39 Å². The predicted octanol–water partition coefficient (Wildman–Crippen LogP) is 1.42. The molecule has 0 aliphatic heterocycles. The number of nitrogens with two attached hydrogens (primary N) is 2. The summed E-state index contributed by atoms with van der Waals surface area (Å²) in [5.74, 6) is 5.31. The summed E-state index contributed by atoms with van der Waals surface area (Å²) in [6.07, 6.45) is 4.45. The lowest BCUT2D eigenvalue weighted by Gasteiger charge is -2.17. The van der Waals surface area contributed by atoms with Crippen LogP contribution in [0.1, 0.15) is 11.1 Å². The van der Waals surface area contributed by atoms with Crippen molar-refractivity contribution >= 4 is 5.69 Å². The van der Waals surface area contributed by atoms with Gasteiger partial charge in [-0.1, -0.05) is 18.2 Å². The van der Waals surface area contributed by atoms with Gasteiger partial charge < -0.3 is 5.73 Å². The highest BCUT2D eigenvalue weighted by Crippen LogP contribution is 2.15. The van der Waals surface area contributed by atoms with Crippen molar-refractivity contribution in [1.82, 2.24) is 10.4 Å². The number of pyridine rings is 1. The lowest BCUT2D eigenvalue weighted by atomic mass is 9.99. The Balaban J connectivity index is 2.09. The first-order valence-corrected chi connectivity index (χ1v) is 6.08. The Labute approximate surface area is 111 Å². The fraction of sp³-hybridized carbons (Fsp3) is 0.214. The van der Waals surface area contributed by atoms with Crippen LogP contribution in [0.3, 0.4) is 0 Å². The second kappa shape index (κ2) is 6.26. The second-order valence-corrected chi connectivity index (χ2v) is 4.44. The predicted molar refractivity (Wildman–Crippen MR) is 73.6 cm³/mol. The first-order chi connectivity index (χ1) is 9.20. The summed E-state index contributed by atoms with van der Waals surface area (Å²) in [7, 11) is 0. The van der Waals surface area contributed by atoms with Gasteiger partial charge in [-0.05, 0) is 36.1 Å². The number of aromatic nitrogens is 1. The van der Waals surface area contributed by atoms with Crippen LogP contribution in [-0.2, 0) is 12.8 Å². The SMILES string of the molecule is NNC(Cc1cnccc1N)Cc1ccccc1F. The van der Waals surface area contributed by atoms with Crippen molar-refractivity contribution in [3.05, 3.63) is 59.7 Å². The fourth-order valence-electron chi connectivity index (χ4n) is 1.99. The molecule has 2 rings (SSSR count).